The van der Waals surface area contributed by atoms with Crippen molar-refractivity contribution in [1.29, 1.82) is 0 Å². The first-order valence-corrected chi connectivity index (χ1v) is 8.78. The number of nitrogens with zero attached hydrogens (tertiary/aromatic N) is 1. The molecule has 1 aromatic heterocycles. The van der Waals surface area contributed by atoms with Gasteiger partial charge in [0.1, 0.15) is 11.3 Å². The Kier molecular flexibility index (Phi) is 5.45. The van der Waals surface area contributed by atoms with Crippen LogP contribution in [-0.2, 0) is 11.2 Å². The summed E-state index contributed by atoms with van der Waals surface area (Å²) >= 11 is 0. The number of amides is 3. The van der Waals surface area contributed by atoms with Gasteiger partial charge < -0.3 is 20.0 Å². The zero-order valence-corrected chi connectivity index (χ0v) is 15.7. The second-order valence-electron chi connectivity index (χ2n) is 6.63. The van der Waals surface area contributed by atoms with E-state index >= 15 is 0 Å². The van der Waals surface area contributed by atoms with Gasteiger partial charge in [-0.3, -0.25) is 4.79 Å². The predicted octanol–water partition coefficient (Wildman–Crippen LogP) is 3.95. The Balaban J connectivity index is 1.67. The van der Waals surface area contributed by atoms with Crippen LogP contribution in [0.25, 0.3) is 11.0 Å². The van der Waals surface area contributed by atoms with Crippen molar-refractivity contribution >= 4 is 28.6 Å². The molecule has 1 unspecified atom stereocenters. The van der Waals surface area contributed by atoms with Gasteiger partial charge in [0, 0.05) is 25.2 Å². The van der Waals surface area contributed by atoms with Crippen LogP contribution in [0.15, 0.2) is 59.0 Å². The lowest BCUT2D eigenvalue weighted by molar-refractivity contribution is -0.127. The molecule has 0 aliphatic carbocycles. The summed E-state index contributed by atoms with van der Waals surface area (Å²) in [5, 5.41) is 6.69. The number of para-hydroxylation sites is 2. The fraction of sp³-hybridized carbons (Fsp3) is 0.238. The Bertz CT molecular complexity index is 929. The highest BCUT2D eigenvalue weighted by Crippen LogP contribution is 2.24. The third-order valence-corrected chi connectivity index (χ3v) is 4.33. The lowest BCUT2D eigenvalue weighted by Gasteiger charge is -2.16. The smallest absolute Gasteiger partial charge is 0.319 e. The molecule has 2 aromatic carbocycles. The molecule has 0 saturated carbocycles. The standard InChI is InChI=1S/C21H23N3O3/c1-14(19-12-16-9-5-7-11-18(16)27-19)22-21(26)23-17-10-6-4-8-15(17)13-20(25)24(2)3/h4-12,14H,13H2,1-3H3,(H2,22,23,26). The quantitative estimate of drug-likeness (QED) is 0.719. The highest BCUT2D eigenvalue weighted by molar-refractivity contribution is 5.91. The molecule has 0 aliphatic heterocycles. The molecule has 3 aromatic rings. The van der Waals surface area contributed by atoms with Gasteiger partial charge in [-0.2, -0.15) is 0 Å². The minimum absolute atomic E-state index is 0.0275. The summed E-state index contributed by atoms with van der Waals surface area (Å²) < 4.78 is 5.79. The molecule has 0 fully saturated rings. The molecule has 6 nitrogen and oxygen atoms in total. The second kappa shape index (κ2) is 7.95. The average Bonchev–Trinajstić information content (AvgIpc) is 3.07. The van der Waals surface area contributed by atoms with E-state index in [4.69, 9.17) is 4.42 Å². The summed E-state index contributed by atoms with van der Waals surface area (Å²) in [5.41, 5.74) is 2.17. The number of benzene rings is 2. The minimum Gasteiger partial charge on any atom is -0.459 e. The summed E-state index contributed by atoms with van der Waals surface area (Å²) in [7, 11) is 3.42. The Morgan fingerprint density at radius 3 is 2.52 bits per heavy atom. The van der Waals surface area contributed by atoms with Crippen LogP contribution in [0.3, 0.4) is 0 Å². The van der Waals surface area contributed by atoms with Crippen molar-refractivity contribution < 1.29 is 14.0 Å². The fourth-order valence-corrected chi connectivity index (χ4v) is 2.76. The Hall–Kier alpha value is -3.28. The van der Waals surface area contributed by atoms with Crippen LogP contribution in [0.4, 0.5) is 10.5 Å². The molecule has 0 radical (unpaired) electrons. The van der Waals surface area contributed by atoms with E-state index in [0.29, 0.717) is 11.4 Å². The number of likely N-dealkylation sites (N-methyl/N-ethyl adjacent to an activating group) is 1. The van der Waals surface area contributed by atoms with Crippen molar-refractivity contribution in [3.05, 3.63) is 65.9 Å². The summed E-state index contributed by atoms with van der Waals surface area (Å²) in [6.45, 7) is 1.86. The van der Waals surface area contributed by atoms with E-state index in [9.17, 15) is 9.59 Å². The fourth-order valence-electron chi connectivity index (χ4n) is 2.76. The van der Waals surface area contributed by atoms with Crippen LogP contribution >= 0.6 is 0 Å². The monoisotopic (exact) mass is 365 g/mol. The topological polar surface area (TPSA) is 74.6 Å². The van der Waals surface area contributed by atoms with Crippen molar-refractivity contribution in [2.24, 2.45) is 0 Å². The zero-order chi connectivity index (χ0) is 19.4. The van der Waals surface area contributed by atoms with Gasteiger partial charge in [-0.1, -0.05) is 36.4 Å². The van der Waals surface area contributed by atoms with E-state index in [1.54, 1.807) is 20.2 Å². The molecular formula is C21H23N3O3. The van der Waals surface area contributed by atoms with Crippen LogP contribution in [0.1, 0.15) is 24.3 Å². The zero-order valence-electron chi connectivity index (χ0n) is 15.7. The van der Waals surface area contributed by atoms with Crippen molar-refractivity contribution in [2.45, 2.75) is 19.4 Å². The van der Waals surface area contributed by atoms with Gasteiger partial charge in [-0.15, -0.1) is 0 Å². The maximum atomic E-state index is 12.4. The van der Waals surface area contributed by atoms with Gasteiger partial charge in [-0.25, -0.2) is 4.79 Å². The highest BCUT2D eigenvalue weighted by Gasteiger charge is 2.16. The number of furan rings is 1. The first-order valence-electron chi connectivity index (χ1n) is 8.78. The molecule has 3 amide bonds. The number of urea groups is 1. The Morgan fingerprint density at radius 1 is 1.07 bits per heavy atom. The molecule has 2 N–H and O–H groups in total. The number of anilines is 1. The van der Waals surface area contributed by atoms with Gasteiger partial charge >= 0.3 is 6.03 Å². The summed E-state index contributed by atoms with van der Waals surface area (Å²) in [5.74, 6) is 0.655. The molecule has 3 rings (SSSR count). The molecule has 0 spiro atoms. The molecule has 1 atom stereocenters. The molecule has 0 saturated heterocycles. The number of hydrogen-bond donors (Lipinski definition) is 2. The van der Waals surface area contributed by atoms with Gasteiger partial charge in [0.2, 0.25) is 5.91 Å². The molecule has 0 aliphatic rings. The maximum Gasteiger partial charge on any atom is 0.319 e. The first-order chi connectivity index (χ1) is 12.9. The predicted molar refractivity (Wildman–Crippen MR) is 106 cm³/mol. The van der Waals surface area contributed by atoms with Gasteiger partial charge in [0.25, 0.3) is 0 Å². The summed E-state index contributed by atoms with van der Waals surface area (Å²) in [6.07, 6.45) is 0.225. The van der Waals surface area contributed by atoms with Crippen LogP contribution < -0.4 is 10.6 Å². The SMILES string of the molecule is CC(NC(=O)Nc1ccccc1CC(=O)N(C)C)c1cc2ccccc2o1. The number of nitrogens with one attached hydrogen (secondary N) is 2. The normalized spacial score (nSPS) is 11.8. The number of rotatable bonds is 5. The van der Waals surface area contributed by atoms with Gasteiger partial charge in [0.15, 0.2) is 0 Å². The van der Waals surface area contributed by atoms with E-state index in [1.165, 1.54) is 4.90 Å². The Morgan fingerprint density at radius 2 is 1.78 bits per heavy atom. The molecular weight excluding hydrogens is 342 g/mol. The lowest BCUT2D eigenvalue weighted by atomic mass is 10.1. The number of fused-ring (bicyclic) bond motifs is 1. The van der Waals surface area contributed by atoms with Crippen LogP contribution in [0, 0.1) is 0 Å². The molecule has 6 heteroatoms. The van der Waals surface area contributed by atoms with E-state index < -0.39 is 0 Å². The third kappa shape index (κ3) is 4.47. The van der Waals surface area contributed by atoms with E-state index in [-0.39, 0.29) is 24.4 Å². The highest BCUT2D eigenvalue weighted by atomic mass is 16.3. The number of hydrogen-bond acceptors (Lipinski definition) is 3. The third-order valence-electron chi connectivity index (χ3n) is 4.33. The number of carbonyl (C=O) groups is 2. The molecule has 0 bridgehead atoms. The lowest BCUT2D eigenvalue weighted by Crippen LogP contribution is -2.31. The second-order valence-corrected chi connectivity index (χ2v) is 6.63. The largest absolute Gasteiger partial charge is 0.459 e. The van der Waals surface area contributed by atoms with Crippen LogP contribution in [0.5, 0.6) is 0 Å². The average molecular weight is 365 g/mol. The first kappa shape index (κ1) is 18.5. The molecule has 1 heterocycles. The molecule has 27 heavy (non-hydrogen) atoms. The minimum atomic E-state index is -0.354. The van der Waals surface area contributed by atoms with Crippen molar-refractivity contribution in [3.8, 4) is 0 Å². The number of carbonyl (C=O) groups excluding carboxylic acids is 2. The van der Waals surface area contributed by atoms with Crippen molar-refractivity contribution in [1.82, 2.24) is 10.2 Å². The molecule has 140 valence electrons. The van der Waals surface area contributed by atoms with Gasteiger partial charge in [0.05, 0.1) is 12.5 Å². The van der Waals surface area contributed by atoms with E-state index in [0.717, 1.165) is 16.5 Å². The Labute approximate surface area is 158 Å². The van der Waals surface area contributed by atoms with Gasteiger partial charge in [-0.05, 0) is 30.7 Å². The van der Waals surface area contributed by atoms with Crippen LogP contribution in [-0.4, -0.2) is 30.9 Å². The summed E-state index contributed by atoms with van der Waals surface area (Å²) in [4.78, 5) is 25.9. The van der Waals surface area contributed by atoms with E-state index in [1.807, 2.05) is 55.5 Å². The maximum absolute atomic E-state index is 12.4. The van der Waals surface area contributed by atoms with E-state index in [2.05, 4.69) is 10.6 Å². The van der Waals surface area contributed by atoms with Crippen LogP contribution in [0.2, 0.25) is 0 Å². The van der Waals surface area contributed by atoms with Crippen molar-refractivity contribution in [3.63, 3.8) is 0 Å². The summed E-state index contributed by atoms with van der Waals surface area (Å²) in [6, 6.07) is 16.3. The van der Waals surface area contributed by atoms with Crippen molar-refractivity contribution in [2.75, 3.05) is 19.4 Å².